The fraction of sp³-hybridized carbons (Fsp3) is 0.286. The minimum atomic E-state index is -0.724. The number of nitrogens with two attached hydrogens (primary N) is 1. The Morgan fingerprint density at radius 1 is 1.53 bits per heavy atom. The van der Waals surface area contributed by atoms with Crippen molar-refractivity contribution in [2.75, 3.05) is 17.8 Å². The second kappa shape index (κ2) is 3.65. The summed E-state index contributed by atoms with van der Waals surface area (Å²) in [5.74, 6) is 0.149. The molecule has 4 N–H and O–H groups in total. The fourth-order valence-electron chi connectivity index (χ4n) is 1.14. The Labute approximate surface area is 84.5 Å². The molecule has 2 aromatic rings. The molecule has 15 heavy (non-hydrogen) atoms. The largest absolute Gasteiger partial charge is 0.382 e. The summed E-state index contributed by atoms with van der Waals surface area (Å²) >= 11 is 0. The van der Waals surface area contributed by atoms with Crippen LogP contribution in [0.2, 0.25) is 0 Å². The van der Waals surface area contributed by atoms with E-state index in [0.717, 1.165) is 4.68 Å². The van der Waals surface area contributed by atoms with Gasteiger partial charge in [0, 0.05) is 6.54 Å². The van der Waals surface area contributed by atoms with Crippen LogP contribution in [-0.2, 0) is 0 Å². The van der Waals surface area contributed by atoms with E-state index in [2.05, 4.69) is 25.9 Å². The summed E-state index contributed by atoms with van der Waals surface area (Å²) in [5.41, 5.74) is 11.4. The molecule has 0 aliphatic carbocycles. The molecule has 2 heterocycles. The summed E-state index contributed by atoms with van der Waals surface area (Å²) < 4.78 is 14.4. The van der Waals surface area contributed by atoms with Gasteiger partial charge in [-0.3, -0.25) is 5.53 Å². The number of hydrazine groups is 1. The average Bonchev–Trinajstić information content (AvgIpc) is 2.54. The van der Waals surface area contributed by atoms with E-state index in [9.17, 15) is 4.39 Å². The number of hydrogen-bond donors (Lipinski definition) is 3. The number of aromatic nitrogens is 4. The summed E-state index contributed by atoms with van der Waals surface area (Å²) in [4.78, 5) is 11.2. The molecule has 80 valence electrons. The number of anilines is 1. The van der Waals surface area contributed by atoms with Gasteiger partial charge >= 0.3 is 6.08 Å². The average molecular weight is 211 g/mol. The minimum Gasteiger partial charge on any atom is -0.382 e. The van der Waals surface area contributed by atoms with Gasteiger partial charge in [0.1, 0.15) is 6.33 Å². The van der Waals surface area contributed by atoms with Crippen molar-refractivity contribution in [1.29, 1.82) is 0 Å². The lowest BCUT2D eigenvalue weighted by atomic mass is 10.5. The number of nitrogens with one attached hydrogen (secondary N) is 2. The van der Waals surface area contributed by atoms with Crippen molar-refractivity contribution in [3.8, 4) is 0 Å². The molecule has 0 saturated heterocycles. The van der Waals surface area contributed by atoms with Crippen molar-refractivity contribution in [1.82, 2.24) is 25.1 Å². The number of rotatable bonds is 3. The molecular formula is C7H10FN7. The van der Waals surface area contributed by atoms with E-state index in [1.165, 1.54) is 6.33 Å². The van der Waals surface area contributed by atoms with Gasteiger partial charge in [-0.15, -0.1) is 0 Å². The van der Waals surface area contributed by atoms with Gasteiger partial charge < -0.3 is 5.73 Å². The van der Waals surface area contributed by atoms with Gasteiger partial charge in [-0.1, -0.05) is 6.92 Å². The first kappa shape index (κ1) is 9.59. The number of imidazole rings is 1. The Bertz CT molecular complexity index is 479. The third-order valence-corrected chi connectivity index (χ3v) is 1.80. The lowest BCUT2D eigenvalue weighted by Crippen LogP contribution is -2.31. The highest BCUT2D eigenvalue weighted by Gasteiger charge is 2.13. The standard InChI is InChI=1S/C7H10FN7/c1-2-12-14-15-6-4(13-7(15)8)5(9)10-3-11-6/h3,12,14H,2H2,1H3,(H2,9,10,11). The number of hydrogen-bond acceptors (Lipinski definition) is 6. The first-order chi connectivity index (χ1) is 7.24. The summed E-state index contributed by atoms with van der Waals surface area (Å²) in [6, 6.07) is 0. The predicted octanol–water partition coefficient (Wildman–Crippen LogP) is -0.384. The molecule has 0 fully saturated rings. The zero-order chi connectivity index (χ0) is 10.8. The van der Waals surface area contributed by atoms with E-state index in [1.54, 1.807) is 0 Å². The van der Waals surface area contributed by atoms with Crippen LogP contribution in [-0.4, -0.2) is 26.2 Å². The summed E-state index contributed by atoms with van der Waals surface area (Å²) in [6.45, 7) is 2.49. The van der Waals surface area contributed by atoms with Crippen molar-refractivity contribution in [2.24, 2.45) is 0 Å². The molecule has 0 aliphatic rings. The molecule has 0 unspecified atom stereocenters. The van der Waals surface area contributed by atoms with Crippen molar-refractivity contribution in [3.05, 3.63) is 12.4 Å². The van der Waals surface area contributed by atoms with E-state index in [1.807, 2.05) is 6.92 Å². The van der Waals surface area contributed by atoms with Crippen molar-refractivity contribution in [3.63, 3.8) is 0 Å². The van der Waals surface area contributed by atoms with Crippen molar-refractivity contribution < 1.29 is 4.39 Å². The Balaban J connectivity index is 2.53. The second-order valence-corrected chi connectivity index (χ2v) is 2.79. The number of halogens is 1. The molecular weight excluding hydrogens is 201 g/mol. The summed E-state index contributed by atoms with van der Waals surface area (Å²) in [6.07, 6.45) is 0.529. The normalized spacial score (nSPS) is 10.8. The SMILES string of the molecule is CCNNn1c(F)nc2c(N)ncnc21. The van der Waals surface area contributed by atoms with Crippen LogP contribution in [0.5, 0.6) is 0 Å². The van der Waals surface area contributed by atoms with Crippen LogP contribution in [0, 0.1) is 6.08 Å². The zero-order valence-electron chi connectivity index (χ0n) is 8.03. The molecule has 0 spiro atoms. The highest BCUT2D eigenvalue weighted by atomic mass is 19.1. The van der Waals surface area contributed by atoms with E-state index < -0.39 is 6.08 Å². The first-order valence-electron chi connectivity index (χ1n) is 4.37. The van der Waals surface area contributed by atoms with Crippen LogP contribution in [0.4, 0.5) is 10.2 Å². The molecule has 0 radical (unpaired) electrons. The monoisotopic (exact) mass is 211 g/mol. The lowest BCUT2D eigenvalue weighted by molar-refractivity contribution is 0.491. The van der Waals surface area contributed by atoms with Crippen LogP contribution < -0.4 is 16.7 Å². The van der Waals surface area contributed by atoms with Crippen LogP contribution in [0.3, 0.4) is 0 Å². The first-order valence-corrected chi connectivity index (χ1v) is 4.37. The predicted molar refractivity (Wildman–Crippen MR) is 52.7 cm³/mol. The Morgan fingerprint density at radius 2 is 2.33 bits per heavy atom. The minimum absolute atomic E-state index is 0.149. The molecule has 2 aromatic heterocycles. The van der Waals surface area contributed by atoms with E-state index in [-0.39, 0.29) is 11.3 Å². The van der Waals surface area contributed by atoms with Crippen molar-refractivity contribution >= 4 is 17.0 Å². The lowest BCUT2D eigenvalue weighted by Gasteiger charge is -2.06. The molecule has 0 amide bonds. The Morgan fingerprint density at radius 3 is 3.07 bits per heavy atom. The Hall–Kier alpha value is -1.96. The van der Waals surface area contributed by atoms with Crippen LogP contribution in [0.1, 0.15) is 6.92 Å². The van der Waals surface area contributed by atoms with Gasteiger partial charge in [0.15, 0.2) is 17.0 Å². The van der Waals surface area contributed by atoms with E-state index in [0.29, 0.717) is 12.2 Å². The van der Waals surface area contributed by atoms with Gasteiger partial charge in [0.05, 0.1) is 0 Å². The number of nitrogen functional groups attached to an aromatic ring is 1. The smallest absolute Gasteiger partial charge is 0.311 e. The third kappa shape index (κ3) is 1.54. The molecule has 8 heteroatoms. The highest BCUT2D eigenvalue weighted by molar-refractivity contribution is 5.81. The van der Waals surface area contributed by atoms with Gasteiger partial charge in [0.25, 0.3) is 0 Å². The van der Waals surface area contributed by atoms with Crippen molar-refractivity contribution in [2.45, 2.75) is 6.92 Å². The fourth-order valence-corrected chi connectivity index (χ4v) is 1.14. The van der Waals surface area contributed by atoms with Gasteiger partial charge in [-0.2, -0.15) is 14.1 Å². The van der Waals surface area contributed by atoms with Crippen LogP contribution in [0.15, 0.2) is 6.33 Å². The van der Waals surface area contributed by atoms with Crippen LogP contribution in [0.25, 0.3) is 11.2 Å². The Kier molecular flexibility index (Phi) is 2.34. The molecule has 0 atom stereocenters. The molecule has 2 rings (SSSR count). The molecule has 0 saturated carbocycles. The van der Waals surface area contributed by atoms with Gasteiger partial charge in [0.2, 0.25) is 0 Å². The summed E-state index contributed by atoms with van der Waals surface area (Å²) in [7, 11) is 0. The van der Waals surface area contributed by atoms with E-state index >= 15 is 0 Å². The second-order valence-electron chi connectivity index (χ2n) is 2.79. The maximum atomic E-state index is 13.3. The zero-order valence-corrected chi connectivity index (χ0v) is 8.03. The topological polar surface area (TPSA) is 93.7 Å². The third-order valence-electron chi connectivity index (χ3n) is 1.80. The molecule has 0 aromatic carbocycles. The maximum absolute atomic E-state index is 13.3. The number of fused-ring (bicyclic) bond motifs is 1. The van der Waals surface area contributed by atoms with Crippen LogP contribution >= 0.6 is 0 Å². The van der Waals surface area contributed by atoms with Gasteiger partial charge in [-0.05, 0) is 0 Å². The quantitative estimate of drug-likeness (QED) is 0.473. The van der Waals surface area contributed by atoms with E-state index in [4.69, 9.17) is 5.73 Å². The maximum Gasteiger partial charge on any atom is 0.311 e. The van der Waals surface area contributed by atoms with Gasteiger partial charge in [-0.25, -0.2) is 15.4 Å². The molecule has 7 nitrogen and oxygen atoms in total. The highest BCUT2D eigenvalue weighted by Crippen LogP contribution is 2.14. The molecule has 0 aliphatic heterocycles. The number of nitrogens with zero attached hydrogens (tertiary/aromatic N) is 4. The summed E-state index contributed by atoms with van der Waals surface area (Å²) in [5, 5.41) is 0. The molecule has 0 bridgehead atoms.